The molecule has 0 aromatic heterocycles. The minimum atomic E-state index is -0.382. The molecule has 1 heterocycles. The molecule has 0 bridgehead atoms. The molecule has 3 aromatic rings. The van der Waals surface area contributed by atoms with Crippen molar-refractivity contribution < 1.29 is 18.0 Å². The normalized spacial score (nSPS) is 18.4. The Bertz CT molecular complexity index is 1120. The summed E-state index contributed by atoms with van der Waals surface area (Å²) in [5.74, 6) is -0.879. The van der Waals surface area contributed by atoms with Crippen molar-refractivity contribution in [3.63, 3.8) is 0 Å². The van der Waals surface area contributed by atoms with Crippen molar-refractivity contribution in [3.8, 4) is 0 Å². The molecule has 34 heavy (non-hydrogen) atoms. The lowest BCUT2D eigenvalue weighted by molar-refractivity contribution is 0.0668. The number of benzene rings is 3. The Morgan fingerprint density at radius 2 is 1.56 bits per heavy atom. The number of rotatable bonds is 7. The number of likely N-dealkylation sites (tertiary alicyclic amines) is 1. The van der Waals surface area contributed by atoms with E-state index in [9.17, 15) is 18.0 Å². The maximum absolute atomic E-state index is 13.7. The molecule has 4 rings (SSSR count). The van der Waals surface area contributed by atoms with Crippen LogP contribution in [0.4, 0.5) is 13.2 Å². The number of carbonyl (C=O) groups is 1. The number of hydrogen-bond donors (Lipinski definition) is 0. The number of carbonyl (C=O) groups excluding carboxylic acids is 1. The van der Waals surface area contributed by atoms with E-state index in [4.69, 9.17) is 0 Å². The highest BCUT2D eigenvalue weighted by molar-refractivity contribution is 5.94. The largest absolute Gasteiger partial charge is 0.336 e. The second-order valence-corrected chi connectivity index (χ2v) is 9.30. The maximum Gasteiger partial charge on any atom is 0.254 e. The van der Waals surface area contributed by atoms with Gasteiger partial charge in [-0.25, -0.2) is 13.2 Å². The number of nitrogens with zero attached hydrogens (tertiary/aromatic N) is 2. The van der Waals surface area contributed by atoms with E-state index in [2.05, 4.69) is 4.90 Å². The van der Waals surface area contributed by atoms with Gasteiger partial charge >= 0.3 is 0 Å². The summed E-state index contributed by atoms with van der Waals surface area (Å²) >= 11 is 0. The summed E-state index contributed by atoms with van der Waals surface area (Å²) < 4.78 is 40.7. The molecular formula is C28H29F3N2O. The van der Waals surface area contributed by atoms with Gasteiger partial charge < -0.3 is 4.90 Å². The molecule has 1 fully saturated rings. The molecule has 1 saturated heterocycles. The summed E-state index contributed by atoms with van der Waals surface area (Å²) in [6.45, 7) is 6.48. The van der Waals surface area contributed by atoms with E-state index in [1.54, 1.807) is 24.3 Å². The van der Waals surface area contributed by atoms with E-state index in [1.807, 2.05) is 24.8 Å². The van der Waals surface area contributed by atoms with Gasteiger partial charge in [0.25, 0.3) is 5.91 Å². The van der Waals surface area contributed by atoms with Gasteiger partial charge in [0.15, 0.2) is 0 Å². The van der Waals surface area contributed by atoms with Gasteiger partial charge in [0, 0.05) is 43.7 Å². The Kier molecular flexibility index (Phi) is 7.37. The Hall–Kier alpha value is -3.12. The molecule has 0 unspecified atom stereocenters. The van der Waals surface area contributed by atoms with Crippen LogP contribution in [0.3, 0.4) is 0 Å². The first-order valence-electron chi connectivity index (χ1n) is 11.6. The third-order valence-electron chi connectivity index (χ3n) is 6.52. The molecule has 0 saturated carbocycles. The van der Waals surface area contributed by atoms with Crippen LogP contribution in [-0.2, 0) is 6.54 Å². The van der Waals surface area contributed by atoms with Crippen molar-refractivity contribution in [1.29, 1.82) is 0 Å². The predicted molar refractivity (Wildman–Crippen MR) is 127 cm³/mol. The maximum atomic E-state index is 13.7. The fourth-order valence-electron chi connectivity index (χ4n) is 4.79. The summed E-state index contributed by atoms with van der Waals surface area (Å²) in [7, 11) is 0. The highest BCUT2D eigenvalue weighted by Crippen LogP contribution is 2.35. The van der Waals surface area contributed by atoms with Gasteiger partial charge in [0.1, 0.15) is 17.5 Å². The van der Waals surface area contributed by atoms with E-state index in [0.29, 0.717) is 18.7 Å². The van der Waals surface area contributed by atoms with Crippen molar-refractivity contribution in [2.24, 2.45) is 5.92 Å². The number of amides is 1. The van der Waals surface area contributed by atoms with Gasteiger partial charge in [-0.15, -0.1) is 0 Å². The summed E-state index contributed by atoms with van der Waals surface area (Å²) in [6, 6.07) is 18.7. The lowest BCUT2D eigenvalue weighted by Crippen LogP contribution is -2.42. The van der Waals surface area contributed by atoms with Crippen molar-refractivity contribution in [3.05, 3.63) is 107 Å². The molecule has 3 aromatic carbocycles. The Balaban J connectivity index is 1.57. The zero-order chi connectivity index (χ0) is 24.2. The molecule has 3 nitrogen and oxygen atoms in total. The molecule has 2 atom stereocenters. The van der Waals surface area contributed by atoms with Gasteiger partial charge in [0.05, 0.1) is 0 Å². The summed E-state index contributed by atoms with van der Waals surface area (Å²) in [4.78, 5) is 17.4. The smallest absolute Gasteiger partial charge is 0.254 e. The van der Waals surface area contributed by atoms with Crippen LogP contribution in [0, 0.1) is 23.4 Å². The van der Waals surface area contributed by atoms with Gasteiger partial charge in [-0.2, -0.15) is 0 Å². The lowest BCUT2D eigenvalue weighted by Gasteiger charge is -2.32. The van der Waals surface area contributed by atoms with Crippen molar-refractivity contribution in [2.45, 2.75) is 32.4 Å². The Labute approximate surface area is 198 Å². The van der Waals surface area contributed by atoms with Crippen LogP contribution in [0.15, 0.2) is 72.8 Å². The highest BCUT2D eigenvalue weighted by atomic mass is 19.1. The topological polar surface area (TPSA) is 23.6 Å². The molecular weight excluding hydrogens is 437 g/mol. The molecule has 1 aliphatic heterocycles. The third-order valence-corrected chi connectivity index (χ3v) is 6.52. The first kappa shape index (κ1) is 24.0. The minimum Gasteiger partial charge on any atom is -0.336 e. The monoisotopic (exact) mass is 466 g/mol. The lowest BCUT2D eigenvalue weighted by atomic mass is 9.88. The van der Waals surface area contributed by atoms with Crippen molar-refractivity contribution >= 4 is 5.91 Å². The summed E-state index contributed by atoms with van der Waals surface area (Å²) in [6.07, 6.45) is 0. The minimum absolute atomic E-state index is 0.0521. The predicted octanol–water partition coefficient (Wildman–Crippen LogP) is 5.87. The molecule has 0 radical (unpaired) electrons. The molecule has 178 valence electrons. The average molecular weight is 467 g/mol. The van der Waals surface area contributed by atoms with Gasteiger partial charge in [-0.05, 0) is 79.4 Å². The van der Waals surface area contributed by atoms with Crippen LogP contribution < -0.4 is 0 Å². The van der Waals surface area contributed by atoms with Crippen molar-refractivity contribution in [1.82, 2.24) is 9.80 Å². The average Bonchev–Trinajstić information content (AvgIpc) is 3.20. The second kappa shape index (κ2) is 10.4. The standard InChI is InChI=1S/C28H29F3N2O/c1-19(2)33(28(34)22-8-12-25(30)13-9-22)17-23-16-32(15-20-4-3-5-26(31)14-20)18-27(23)21-6-10-24(29)11-7-21/h3-14,19,23,27H,15-18H2,1-2H3/t23-,27+/m1/s1. The summed E-state index contributed by atoms with van der Waals surface area (Å²) in [5.41, 5.74) is 2.36. The highest BCUT2D eigenvalue weighted by Gasteiger charge is 2.36. The molecule has 0 spiro atoms. The van der Waals surface area contributed by atoms with Crippen LogP contribution >= 0.6 is 0 Å². The fraction of sp³-hybridized carbons (Fsp3) is 0.321. The molecule has 1 aliphatic rings. The second-order valence-electron chi connectivity index (χ2n) is 9.30. The van der Waals surface area contributed by atoms with E-state index in [0.717, 1.165) is 24.2 Å². The third kappa shape index (κ3) is 5.68. The zero-order valence-electron chi connectivity index (χ0n) is 19.4. The van der Waals surface area contributed by atoms with E-state index < -0.39 is 0 Å². The van der Waals surface area contributed by atoms with Crippen LogP contribution in [0.25, 0.3) is 0 Å². The van der Waals surface area contributed by atoms with Gasteiger partial charge in [-0.1, -0.05) is 24.3 Å². The number of hydrogen-bond acceptors (Lipinski definition) is 2. The molecule has 0 N–H and O–H groups in total. The number of halogens is 3. The zero-order valence-corrected chi connectivity index (χ0v) is 19.4. The van der Waals surface area contributed by atoms with E-state index in [-0.39, 0.29) is 41.2 Å². The molecule has 6 heteroatoms. The first-order valence-corrected chi connectivity index (χ1v) is 11.6. The van der Waals surface area contributed by atoms with Crippen LogP contribution in [0.2, 0.25) is 0 Å². The van der Waals surface area contributed by atoms with Crippen LogP contribution in [0.5, 0.6) is 0 Å². The molecule has 1 amide bonds. The summed E-state index contributed by atoms with van der Waals surface area (Å²) in [5, 5.41) is 0. The Morgan fingerprint density at radius 1 is 0.912 bits per heavy atom. The fourth-order valence-corrected chi connectivity index (χ4v) is 4.79. The SMILES string of the molecule is CC(C)N(C[C@H]1CN(Cc2cccc(F)c2)C[C@H]1c1ccc(F)cc1)C(=O)c1ccc(F)cc1. The van der Waals surface area contributed by atoms with E-state index >= 15 is 0 Å². The quantitative estimate of drug-likeness (QED) is 0.435. The van der Waals surface area contributed by atoms with Crippen LogP contribution in [0.1, 0.15) is 41.3 Å². The van der Waals surface area contributed by atoms with Gasteiger partial charge in [-0.3, -0.25) is 9.69 Å². The first-order chi connectivity index (χ1) is 16.3. The van der Waals surface area contributed by atoms with Crippen molar-refractivity contribution in [2.75, 3.05) is 19.6 Å². The van der Waals surface area contributed by atoms with Crippen LogP contribution in [-0.4, -0.2) is 41.4 Å². The van der Waals surface area contributed by atoms with E-state index in [1.165, 1.54) is 42.5 Å². The Morgan fingerprint density at radius 3 is 2.18 bits per heavy atom. The molecule has 0 aliphatic carbocycles. The van der Waals surface area contributed by atoms with Gasteiger partial charge in [0.2, 0.25) is 0 Å².